The fourth-order valence-corrected chi connectivity index (χ4v) is 2.90. The molecule has 0 aliphatic carbocycles. The number of aliphatic imine (C=N–C) groups is 1. The number of furan rings is 1. The predicted octanol–water partition coefficient (Wildman–Crippen LogP) is 3.67. The minimum absolute atomic E-state index is 0.0716. The first kappa shape index (κ1) is 22.7. The Kier molecular flexibility index (Phi) is 8.14. The van der Waals surface area contributed by atoms with Gasteiger partial charge in [-0.25, -0.2) is 0 Å². The molecule has 3 N–H and O–H groups in total. The van der Waals surface area contributed by atoms with E-state index in [1.54, 1.807) is 26.3 Å². The van der Waals surface area contributed by atoms with Crippen molar-refractivity contribution in [2.45, 2.75) is 19.6 Å². The second kappa shape index (κ2) is 11.5. The molecule has 1 amide bonds. The number of hydrogen-bond acceptors (Lipinski definition) is 5. The Morgan fingerprint density at radius 2 is 1.84 bits per heavy atom. The molecule has 8 heteroatoms. The van der Waals surface area contributed by atoms with Crippen molar-refractivity contribution in [3.63, 3.8) is 0 Å². The Morgan fingerprint density at radius 1 is 1.06 bits per heavy atom. The maximum absolute atomic E-state index is 12.0. The molecule has 0 aliphatic rings. The quantitative estimate of drug-likeness (QED) is 0.350. The van der Waals surface area contributed by atoms with Gasteiger partial charge in [0, 0.05) is 25.3 Å². The minimum atomic E-state index is -0.282. The number of rotatable bonds is 9. The number of anilines is 1. The van der Waals surface area contributed by atoms with Crippen molar-refractivity contribution >= 4 is 17.6 Å². The van der Waals surface area contributed by atoms with E-state index in [9.17, 15) is 4.79 Å². The number of nitrogens with zero attached hydrogens (tertiary/aromatic N) is 1. The summed E-state index contributed by atoms with van der Waals surface area (Å²) in [4.78, 5) is 16.3. The summed E-state index contributed by atoms with van der Waals surface area (Å²) >= 11 is 0. The number of carbonyl (C=O) groups excluding carboxylic acids is 1. The normalized spacial score (nSPS) is 12.0. The number of amides is 1. The van der Waals surface area contributed by atoms with Gasteiger partial charge in [-0.05, 0) is 48.9 Å². The van der Waals surface area contributed by atoms with Crippen molar-refractivity contribution < 1.29 is 18.7 Å². The smallest absolute Gasteiger partial charge is 0.291 e. The molecular weight excluding hydrogens is 408 g/mol. The van der Waals surface area contributed by atoms with E-state index in [1.807, 2.05) is 55.5 Å². The van der Waals surface area contributed by atoms with Gasteiger partial charge in [-0.2, -0.15) is 0 Å². The zero-order chi connectivity index (χ0) is 22.8. The molecule has 0 fully saturated rings. The van der Waals surface area contributed by atoms with E-state index >= 15 is 0 Å². The number of guanidine groups is 1. The second-order valence-electron chi connectivity index (χ2n) is 7.04. The first-order chi connectivity index (χ1) is 15.6. The first-order valence-electron chi connectivity index (χ1n) is 10.3. The standard InChI is InChI=1S/C24H28N4O4/c1-17(32-21-7-4-6-20(14-21)30-3)15-26-24(25-2)27-16-18-9-11-19(12-10-18)28-23(29)22-8-5-13-31-22/h4-14,17H,15-16H2,1-3H3,(H,28,29)(H2,25,26,27). The average Bonchev–Trinajstić information content (AvgIpc) is 3.35. The van der Waals surface area contributed by atoms with Gasteiger partial charge in [0.1, 0.15) is 17.6 Å². The molecule has 0 saturated heterocycles. The van der Waals surface area contributed by atoms with Gasteiger partial charge in [0.15, 0.2) is 11.7 Å². The SMILES string of the molecule is CN=C(NCc1ccc(NC(=O)c2ccco2)cc1)NCC(C)Oc1cccc(OC)c1. The van der Waals surface area contributed by atoms with Gasteiger partial charge in [0.2, 0.25) is 0 Å². The molecule has 0 bridgehead atoms. The zero-order valence-electron chi connectivity index (χ0n) is 18.4. The van der Waals surface area contributed by atoms with Crippen LogP contribution in [0.5, 0.6) is 11.5 Å². The van der Waals surface area contributed by atoms with E-state index in [0.29, 0.717) is 24.7 Å². The van der Waals surface area contributed by atoms with Gasteiger partial charge in [0.25, 0.3) is 5.91 Å². The summed E-state index contributed by atoms with van der Waals surface area (Å²) in [6.45, 7) is 3.14. The lowest BCUT2D eigenvalue weighted by molar-refractivity contribution is 0.0996. The Morgan fingerprint density at radius 3 is 2.53 bits per heavy atom. The van der Waals surface area contributed by atoms with Crippen LogP contribution in [0.2, 0.25) is 0 Å². The maximum atomic E-state index is 12.0. The largest absolute Gasteiger partial charge is 0.497 e. The number of ether oxygens (including phenoxy) is 2. The van der Waals surface area contributed by atoms with Gasteiger partial charge >= 0.3 is 0 Å². The first-order valence-corrected chi connectivity index (χ1v) is 10.3. The molecule has 1 unspecified atom stereocenters. The number of methoxy groups -OCH3 is 1. The molecule has 168 valence electrons. The van der Waals surface area contributed by atoms with Gasteiger partial charge in [-0.15, -0.1) is 0 Å². The minimum Gasteiger partial charge on any atom is -0.497 e. The summed E-state index contributed by atoms with van der Waals surface area (Å²) < 4.78 is 16.2. The summed E-state index contributed by atoms with van der Waals surface area (Å²) in [6.07, 6.45) is 1.40. The zero-order valence-corrected chi connectivity index (χ0v) is 18.4. The number of benzene rings is 2. The van der Waals surface area contributed by atoms with E-state index in [4.69, 9.17) is 13.9 Å². The Bertz CT molecular complexity index is 1020. The van der Waals surface area contributed by atoms with Gasteiger partial charge in [-0.3, -0.25) is 9.79 Å². The lowest BCUT2D eigenvalue weighted by atomic mass is 10.2. The van der Waals surface area contributed by atoms with Crippen LogP contribution >= 0.6 is 0 Å². The van der Waals surface area contributed by atoms with Crippen molar-refractivity contribution in [1.29, 1.82) is 0 Å². The van der Waals surface area contributed by atoms with Crippen LogP contribution < -0.4 is 25.4 Å². The van der Waals surface area contributed by atoms with Crippen LogP contribution in [0.1, 0.15) is 23.0 Å². The third-order valence-electron chi connectivity index (χ3n) is 4.58. The van der Waals surface area contributed by atoms with Crippen molar-refractivity contribution in [3.8, 4) is 11.5 Å². The second-order valence-corrected chi connectivity index (χ2v) is 7.04. The molecule has 0 spiro atoms. The molecule has 0 saturated carbocycles. The molecule has 8 nitrogen and oxygen atoms in total. The fraction of sp³-hybridized carbons (Fsp3) is 0.250. The summed E-state index contributed by atoms with van der Waals surface area (Å²) in [5, 5.41) is 9.32. The average molecular weight is 437 g/mol. The Balaban J connectivity index is 1.43. The number of carbonyl (C=O) groups is 1. The van der Waals surface area contributed by atoms with Gasteiger partial charge < -0.3 is 29.8 Å². The molecule has 1 aromatic heterocycles. The van der Waals surface area contributed by atoms with E-state index in [2.05, 4.69) is 20.9 Å². The monoisotopic (exact) mass is 436 g/mol. The molecule has 32 heavy (non-hydrogen) atoms. The lowest BCUT2D eigenvalue weighted by Gasteiger charge is -2.18. The van der Waals surface area contributed by atoms with Gasteiger partial charge in [-0.1, -0.05) is 18.2 Å². The van der Waals surface area contributed by atoms with Crippen molar-refractivity contribution in [2.75, 3.05) is 26.0 Å². The molecular formula is C24H28N4O4. The highest BCUT2D eigenvalue weighted by molar-refractivity contribution is 6.02. The summed E-state index contributed by atoms with van der Waals surface area (Å²) in [7, 11) is 3.35. The Labute approximate surface area is 187 Å². The van der Waals surface area contributed by atoms with Crippen LogP contribution in [-0.4, -0.2) is 38.7 Å². The third kappa shape index (κ3) is 6.80. The van der Waals surface area contributed by atoms with E-state index < -0.39 is 0 Å². The highest BCUT2D eigenvalue weighted by Crippen LogP contribution is 2.19. The van der Waals surface area contributed by atoms with Gasteiger partial charge in [0.05, 0.1) is 19.9 Å². The topological polar surface area (TPSA) is 97.1 Å². The third-order valence-corrected chi connectivity index (χ3v) is 4.58. The van der Waals surface area contributed by atoms with Crippen LogP contribution in [0, 0.1) is 0 Å². The van der Waals surface area contributed by atoms with Crippen LogP contribution in [0.25, 0.3) is 0 Å². The molecule has 2 aromatic carbocycles. The van der Waals surface area contributed by atoms with Crippen molar-refractivity contribution in [3.05, 3.63) is 78.3 Å². The van der Waals surface area contributed by atoms with Crippen molar-refractivity contribution in [1.82, 2.24) is 10.6 Å². The van der Waals surface area contributed by atoms with Crippen LogP contribution in [0.4, 0.5) is 5.69 Å². The van der Waals surface area contributed by atoms with Crippen LogP contribution in [0.15, 0.2) is 76.3 Å². The van der Waals surface area contributed by atoms with Crippen LogP contribution in [-0.2, 0) is 6.54 Å². The summed E-state index contributed by atoms with van der Waals surface area (Å²) in [6, 6.07) is 18.4. The molecule has 1 heterocycles. The van der Waals surface area contributed by atoms with Crippen molar-refractivity contribution in [2.24, 2.45) is 4.99 Å². The molecule has 0 aliphatic heterocycles. The van der Waals surface area contributed by atoms with E-state index in [-0.39, 0.29) is 17.8 Å². The van der Waals surface area contributed by atoms with E-state index in [1.165, 1.54) is 6.26 Å². The number of hydrogen-bond donors (Lipinski definition) is 3. The maximum Gasteiger partial charge on any atom is 0.291 e. The number of nitrogens with one attached hydrogen (secondary N) is 3. The molecule has 3 rings (SSSR count). The molecule has 1 atom stereocenters. The van der Waals surface area contributed by atoms with Crippen LogP contribution in [0.3, 0.4) is 0 Å². The summed E-state index contributed by atoms with van der Waals surface area (Å²) in [5.74, 6) is 2.17. The highest BCUT2D eigenvalue weighted by Gasteiger charge is 2.09. The predicted molar refractivity (Wildman–Crippen MR) is 124 cm³/mol. The summed E-state index contributed by atoms with van der Waals surface area (Å²) in [5.41, 5.74) is 1.74. The molecule has 0 radical (unpaired) electrons. The lowest BCUT2D eigenvalue weighted by Crippen LogP contribution is -2.41. The fourth-order valence-electron chi connectivity index (χ4n) is 2.90. The van der Waals surface area contributed by atoms with E-state index in [0.717, 1.165) is 17.1 Å². The highest BCUT2D eigenvalue weighted by atomic mass is 16.5. The molecule has 3 aromatic rings. The Hall–Kier alpha value is -3.94.